The third-order valence-corrected chi connectivity index (χ3v) is 10.7. The highest BCUT2D eigenvalue weighted by Gasteiger charge is 2.62. The number of cyclic esters (lactones) is 1. The summed E-state index contributed by atoms with van der Waals surface area (Å²) in [4.78, 5) is 38.1. The Morgan fingerprint density at radius 3 is 2.49 bits per heavy atom. The van der Waals surface area contributed by atoms with Crippen molar-refractivity contribution in [1.82, 2.24) is 5.32 Å². The molecule has 1 heterocycles. The van der Waals surface area contributed by atoms with E-state index in [2.05, 4.69) is 45.7 Å². The quantitative estimate of drug-likeness (QED) is 0.355. The van der Waals surface area contributed by atoms with Crippen LogP contribution in [0.4, 0.5) is 4.79 Å². The topological polar surface area (TPSA) is 122 Å². The third-order valence-electron chi connectivity index (χ3n) is 10.7. The Labute approximate surface area is 242 Å². The van der Waals surface area contributed by atoms with Crippen LogP contribution in [0.5, 0.6) is 0 Å². The molecule has 1 aromatic rings. The number of imide groups is 1. The number of amides is 2. The lowest BCUT2D eigenvalue weighted by atomic mass is 9.53. The number of hydrogen-bond acceptors (Lipinski definition) is 7. The average molecular weight is 566 g/mol. The van der Waals surface area contributed by atoms with Crippen LogP contribution >= 0.6 is 0 Å². The highest BCUT2D eigenvalue weighted by atomic mass is 16.6. The standard InChI is InChI=1S/C33H43NO7/c1-17(2)27-25-14-22-19(4)33(39)24(20(5)40-30(37)28(33)35)13-12-18(3)23(22)15-32(25,6)16-26(27)41-31(38)34-29(36)21-10-8-7-9-11-21/h7-12,17,20,22-28,35,39H,4,13-16H2,1-3,5-6H3,(H,34,36,38)/b18-12-. The first-order valence-electron chi connectivity index (χ1n) is 14.8. The lowest BCUT2D eigenvalue weighted by Gasteiger charge is -2.54. The number of benzene rings is 1. The van der Waals surface area contributed by atoms with E-state index in [1.807, 2.05) is 0 Å². The first-order valence-corrected chi connectivity index (χ1v) is 14.8. The first kappa shape index (κ1) is 29.5. The van der Waals surface area contributed by atoms with Crippen LogP contribution in [0.2, 0.25) is 0 Å². The van der Waals surface area contributed by atoms with Crippen LogP contribution in [-0.2, 0) is 14.3 Å². The highest BCUT2D eigenvalue weighted by molar-refractivity contribution is 6.02. The first-order chi connectivity index (χ1) is 19.3. The molecule has 8 heteroatoms. The summed E-state index contributed by atoms with van der Waals surface area (Å²) >= 11 is 0. The fraction of sp³-hybridized carbons (Fsp3) is 0.606. The number of carbonyl (C=O) groups excluding carboxylic acids is 3. The minimum Gasteiger partial charge on any atom is -0.460 e. The van der Waals surface area contributed by atoms with Gasteiger partial charge in [0, 0.05) is 17.4 Å². The number of aliphatic hydroxyl groups excluding tert-OH is 1. The molecular formula is C33H43NO7. The summed E-state index contributed by atoms with van der Waals surface area (Å²) in [5.74, 6) is -1.58. The zero-order valence-corrected chi connectivity index (χ0v) is 24.6. The monoisotopic (exact) mass is 565 g/mol. The van der Waals surface area contributed by atoms with Gasteiger partial charge in [-0.2, -0.15) is 0 Å². The molecule has 8 nitrogen and oxygen atoms in total. The normalized spacial score (nSPS) is 41.5. The van der Waals surface area contributed by atoms with Gasteiger partial charge in [-0.3, -0.25) is 10.1 Å². The minimum absolute atomic E-state index is 0.0201. The van der Waals surface area contributed by atoms with Crippen molar-refractivity contribution >= 4 is 18.0 Å². The van der Waals surface area contributed by atoms with Gasteiger partial charge in [-0.1, -0.05) is 57.2 Å². The lowest BCUT2D eigenvalue weighted by Crippen LogP contribution is -2.63. The zero-order valence-electron chi connectivity index (χ0n) is 24.6. The SMILES string of the molecule is C=C1C2CC3C(C(C)C)C(OC(=O)NC(=O)c4ccccc4)CC3(C)CC2/C(C)=C\CC2C(C)OC(=O)C(O)C12O. The number of alkyl carbamates (subject to hydrolysis) is 1. The number of allylic oxidation sites excluding steroid dienone is 2. The molecular weight excluding hydrogens is 522 g/mol. The van der Waals surface area contributed by atoms with Gasteiger partial charge < -0.3 is 19.7 Å². The van der Waals surface area contributed by atoms with E-state index in [9.17, 15) is 24.6 Å². The van der Waals surface area contributed by atoms with Crippen molar-refractivity contribution in [2.24, 2.45) is 40.9 Å². The molecule has 1 aromatic carbocycles. The van der Waals surface area contributed by atoms with Crippen LogP contribution in [0, 0.1) is 40.9 Å². The molecule has 3 fully saturated rings. The Kier molecular flexibility index (Phi) is 7.70. The summed E-state index contributed by atoms with van der Waals surface area (Å²) in [5, 5.41) is 25.4. The smallest absolute Gasteiger partial charge is 0.414 e. The van der Waals surface area contributed by atoms with Crippen LogP contribution in [-0.4, -0.2) is 52.1 Å². The highest BCUT2D eigenvalue weighted by Crippen LogP contribution is 2.63. The fourth-order valence-electron chi connectivity index (χ4n) is 8.64. The van der Waals surface area contributed by atoms with Crippen molar-refractivity contribution in [1.29, 1.82) is 0 Å². The number of hydrogen-bond donors (Lipinski definition) is 3. The van der Waals surface area contributed by atoms with E-state index in [0.717, 1.165) is 6.42 Å². The van der Waals surface area contributed by atoms with Gasteiger partial charge in [-0.05, 0) is 86.3 Å². The summed E-state index contributed by atoms with van der Waals surface area (Å²) in [7, 11) is 0. The molecule has 0 radical (unpaired) electrons. The Morgan fingerprint density at radius 2 is 1.83 bits per heavy atom. The summed E-state index contributed by atoms with van der Waals surface area (Å²) in [6.45, 7) is 14.7. The van der Waals surface area contributed by atoms with Crippen molar-refractivity contribution in [3.05, 3.63) is 59.7 Å². The number of aliphatic hydroxyl groups is 2. The largest absolute Gasteiger partial charge is 0.460 e. The van der Waals surface area contributed by atoms with E-state index in [1.54, 1.807) is 37.3 Å². The van der Waals surface area contributed by atoms with Gasteiger partial charge in [0.2, 0.25) is 0 Å². The van der Waals surface area contributed by atoms with Crippen LogP contribution < -0.4 is 5.32 Å². The van der Waals surface area contributed by atoms with Gasteiger partial charge in [-0.25, -0.2) is 9.59 Å². The Balaban J connectivity index is 1.42. The van der Waals surface area contributed by atoms with Gasteiger partial charge in [0.15, 0.2) is 6.10 Å². The van der Waals surface area contributed by atoms with Gasteiger partial charge in [0.05, 0.1) is 0 Å². The maximum absolute atomic E-state index is 12.9. The van der Waals surface area contributed by atoms with E-state index >= 15 is 0 Å². The number of fused-ring (bicyclic) bond motifs is 3. The number of nitrogens with one attached hydrogen (secondary N) is 1. The molecule has 0 bridgehead atoms. The lowest BCUT2D eigenvalue weighted by molar-refractivity contribution is -0.209. The Bertz CT molecular complexity index is 1260. The molecule has 0 spiro atoms. The third kappa shape index (κ3) is 4.93. The van der Waals surface area contributed by atoms with Crippen molar-refractivity contribution in [2.75, 3.05) is 0 Å². The van der Waals surface area contributed by atoms with E-state index < -0.39 is 41.7 Å². The van der Waals surface area contributed by atoms with Crippen LogP contribution in [0.1, 0.15) is 70.7 Å². The molecule has 10 atom stereocenters. The van der Waals surface area contributed by atoms with Crippen molar-refractivity contribution < 1.29 is 34.1 Å². The second kappa shape index (κ2) is 10.7. The molecule has 5 rings (SSSR count). The minimum atomic E-state index is -1.79. The molecule has 1 aliphatic heterocycles. The summed E-state index contributed by atoms with van der Waals surface area (Å²) < 4.78 is 11.4. The molecule has 3 N–H and O–H groups in total. The molecule has 2 amide bonds. The maximum Gasteiger partial charge on any atom is 0.414 e. The molecule has 41 heavy (non-hydrogen) atoms. The maximum atomic E-state index is 12.9. The second-order valence-electron chi connectivity index (χ2n) is 13.4. The van der Waals surface area contributed by atoms with Gasteiger partial charge in [0.25, 0.3) is 5.91 Å². The van der Waals surface area contributed by atoms with E-state index in [1.165, 1.54) is 5.57 Å². The fourth-order valence-corrected chi connectivity index (χ4v) is 8.64. The molecule has 222 valence electrons. The molecule has 4 aliphatic rings. The molecule has 10 unspecified atom stereocenters. The van der Waals surface area contributed by atoms with E-state index in [0.29, 0.717) is 30.4 Å². The second-order valence-corrected chi connectivity index (χ2v) is 13.4. The van der Waals surface area contributed by atoms with E-state index in [-0.39, 0.29) is 41.1 Å². The van der Waals surface area contributed by atoms with Gasteiger partial charge >= 0.3 is 12.1 Å². The Morgan fingerprint density at radius 1 is 1.15 bits per heavy atom. The predicted octanol–water partition coefficient (Wildman–Crippen LogP) is 4.81. The van der Waals surface area contributed by atoms with Crippen LogP contribution in [0.15, 0.2) is 54.1 Å². The van der Waals surface area contributed by atoms with Crippen LogP contribution in [0.3, 0.4) is 0 Å². The van der Waals surface area contributed by atoms with Crippen molar-refractivity contribution in [2.45, 2.75) is 84.2 Å². The van der Waals surface area contributed by atoms with Gasteiger partial charge in [0.1, 0.15) is 17.8 Å². The Hall–Kier alpha value is -2.97. The molecule has 2 saturated carbocycles. The average Bonchev–Trinajstić information content (AvgIpc) is 3.20. The molecule has 3 aliphatic carbocycles. The summed E-state index contributed by atoms with van der Waals surface area (Å²) in [6.07, 6.45) is 1.34. The van der Waals surface area contributed by atoms with Crippen LogP contribution in [0.25, 0.3) is 0 Å². The summed E-state index contributed by atoms with van der Waals surface area (Å²) in [6, 6.07) is 8.56. The van der Waals surface area contributed by atoms with E-state index in [4.69, 9.17) is 9.47 Å². The zero-order chi connectivity index (χ0) is 29.9. The van der Waals surface area contributed by atoms with Crippen molar-refractivity contribution in [3.63, 3.8) is 0 Å². The number of rotatable bonds is 3. The number of esters is 1. The number of carbonyl (C=O) groups is 3. The predicted molar refractivity (Wildman–Crippen MR) is 152 cm³/mol. The molecule has 1 saturated heterocycles. The molecule has 0 aromatic heterocycles. The van der Waals surface area contributed by atoms with Crippen molar-refractivity contribution in [3.8, 4) is 0 Å². The summed E-state index contributed by atoms with van der Waals surface area (Å²) in [5.41, 5.74) is 0.137. The number of ether oxygens (including phenoxy) is 2. The van der Waals surface area contributed by atoms with Gasteiger partial charge in [-0.15, -0.1) is 0 Å².